The van der Waals surface area contributed by atoms with Gasteiger partial charge < -0.3 is 10.3 Å². The minimum Gasteiger partial charge on any atom is -0.378 e. The van der Waals surface area contributed by atoms with Crippen LogP contribution in [-0.2, 0) is 16.6 Å². The van der Waals surface area contributed by atoms with Gasteiger partial charge in [0.25, 0.3) is 0 Å². The van der Waals surface area contributed by atoms with Gasteiger partial charge in [-0.25, -0.2) is 13.6 Å². The van der Waals surface area contributed by atoms with E-state index in [4.69, 9.17) is 5.14 Å². The predicted molar refractivity (Wildman–Crippen MR) is 106 cm³/mol. The Labute approximate surface area is 158 Å². The summed E-state index contributed by atoms with van der Waals surface area (Å²) in [6, 6.07) is 14.7. The summed E-state index contributed by atoms with van der Waals surface area (Å²) in [5, 5.41) is 10.2. The zero-order valence-corrected chi connectivity index (χ0v) is 15.9. The molecule has 0 spiro atoms. The second-order valence-corrected chi connectivity index (χ2v) is 8.38. The van der Waals surface area contributed by atoms with Crippen LogP contribution in [0.25, 0.3) is 21.8 Å². The summed E-state index contributed by atoms with van der Waals surface area (Å²) >= 11 is 3.47. The molecule has 0 bridgehead atoms. The van der Waals surface area contributed by atoms with E-state index in [2.05, 4.69) is 37.3 Å². The summed E-state index contributed by atoms with van der Waals surface area (Å²) in [6.07, 6.45) is 1.63. The van der Waals surface area contributed by atoms with E-state index >= 15 is 0 Å². The molecule has 0 unspecified atom stereocenters. The van der Waals surface area contributed by atoms with Gasteiger partial charge in [-0.1, -0.05) is 15.9 Å². The van der Waals surface area contributed by atoms with Gasteiger partial charge in [-0.05, 0) is 48.5 Å². The van der Waals surface area contributed by atoms with Crippen LogP contribution in [0.5, 0.6) is 0 Å². The molecular weight excluding hydrogens is 416 g/mol. The number of nitrogens with zero attached hydrogens (tertiary/aromatic N) is 1. The highest BCUT2D eigenvalue weighted by Gasteiger charge is 2.15. The summed E-state index contributed by atoms with van der Waals surface area (Å²) in [5.41, 5.74) is 3.38. The van der Waals surface area contributed by atoms with E-state index in [1.54, 1.807) is 24.4 Å². The molecule has 0 aliphatic heterocycles. The summed E-state index contributed by atoms with van der Waals surface area (Å²) in [7, 11) is -3.81. The number of pyridine rings is 1. The fourth-order valence-corrected chi connectivity index (χ4v) is 4.09. The van der Waals surface area contributed by atoms with E-state index in [9.17, 15) is 8.42 Å². The molecule has 2 heterocycles. The summed E-state index contributed by atoms with van der Waals surface area (Å²) in [4.78, 5) is 7.75. The van der Waals surface area contributed by atoms with E-state index in [0.717, 1.165) is 26.8 Å². The first-order chi connectivity index (χ1) is 12.4. The number of aromatic amines is 1. The minimum atomic E-state index is -3.81. The third kappa shape index (κ3) is 3.18. The molecule has 0 saturated heterocycles. The number of nitrogens with one attached hydrogen (secondary N) is 2. The molecule has 0 saturated carbocycles. The zero-order valence-electron chi connectivity index (χ0n) is 13.5. The Kier molecular flexibility index (Phi) is 4.18. The fraction of sp³-hybridized carbons (Fsp3) is 0.0556. The van der Waals surface area contributed by atoms with Gasteiger partial charge in [-0.3, -0.25) is 4.98 Å². The number of primary sulfonamides is 1. The zero-order chi connectivity index (χ0) is 18.3. The number of aromatic nitrogens is 2. The molecule has 132 valence electrons. The van der Waals surface area contributed by atoms with Gasteiger partial charge in [0.05, 0.1) is 22.6 Å². The Morgan fingerprint density at radius 3 is 2.81 bits per heavy atom. The molecular formula is C18H15BrN4O2S. The van der Waals surface area contributed by atoms with E-state index in [1.165, 1.54) is 6.07 Å². The molecule has 4 aromatic rings. The first-order valence-corrected chi connectivity index (χ1v) is 10.2. The fourth-order valence-electron chi connectivity index (χ4n) is 2.99. The van der Waals surface area contributed by atoms with Crippen LogP contribution in [0.4, 0.5) is 5.69 Å². The Morgan fingerprint density at radius 2 is 2.00 bits per heavy atom. The van der Waals surface area contributed by atoms with Crippen LogP contribution in [0.1, 0.15) is 5.69 Å². The lowest BCUT2D eigenvalue weighted by molar-refractivity contribution is 0.598. The number of hydrogen-bond donors (Lipinski definition) is 3. The molecule has 0 aliphatic rings. The van der Waals surface area contributed by atoms with Crippen LogP contribution >= 0.6 is 15.9 Å². The molecule has 26 heavy (non-hydrogen) atoms. The van der Waals surface area contributed by atoms with Crippen LogP contribution < -0.4 is 10.5 Å². The van der Waals surface area contributed by atoms with Crippen LogP contribution in [0, 0.1) is 0 Å². The standard InChI is InChI=1S/C18H15BrN4O2S/c19-12-3-4-15-11(8-12)9-13(23-15)10-22-16-5-6-17(26(20,24)25)14-2-1-7-21-18(14)16/h1-9,22-23H,10H2,(H2,20,24,25). The van der Waals surface area contributed by atoms with Crippen molar-refractivity contribution < 1.29 is 8.42 Å². The number of rotatable bonds is 4. The van der Waals surface area contributed by atoms with Crippen molar-refractivity contribution >= 4 is 53.4 Å². The van der Waals surface area contributed by atoms with E-state index < -0.39 is 10.0 Å². The predicted octanol–water partition coefficient (Wildman–Crippen LogP) is 3.74. The van der Waals surface area contributed by atoms with Gasteiger partial charge in [0, 0.05) is 32.7 Å². The average molecular weight is 431 g/mol. The topological polar surface area (TPSA) is 101 Å². The number of fused-ring (bicyclic) bond motifs is 2. The lowest BCUT2D eigenvalue weighted by Crippen LogP contribution is -2.13. The first-order valence-electron chi connectivity index (χ1n) is 7.83. The minimum absolute atomic E-state index is 0.0709. The summed E-state index contributed by atoms with van der Waals surface area (Å²) < 4.78 is 24.6. The Morgan fingerprint density at radius 1 is 1.15 bits per heavy atom. The van der Waals surface area contributed by atoms with Crippen LogP contribution in [-0.4, -0.2) is 18.4 Å². The molecule has 4 N–H and O–H groups in total. The number of anilines is 1. The second-order valence-electron chi connectivity index (χ2n) is 5.94. The SMILES string of the molecule is NS(=O)(=O)c1ccc(NCc2cc3cc(Br)ccc3[nH]2)c2ncccc12. The highest BCUT2D eigenvalue weighted by Crippen LogP contribution is 2.28. The molecule has 0 amide bonds. The quantitative estimate of drug-likeness (QED) is 0.458. The number of sulfonamides is 1. The Hall–Kier alpha value is -2.42. The highest BCUT2D eigenvalue weighted by atomic mass is 79.9. The first kappa shape index (κ1) is 17.0. The third-order valence-electron chi connectivity index (χ3n) is 4.14. The van der Waals surface area contributed by atoms with Crippen molar-refractivity contribution in [1.29, 1.82) is 0 Å². The largest absolute Gasteiger partial charge is 0.378 e. The third-order valence-corrected chi connectivity index (χ3v) is 5.61. The number of H-pyrrole nitrogens is 1. The van der Waals surface area contributed by atoms with Crippen molar-refractivity contribution in [2.24, 2.45) is 5.14 Å². The molecule has 0 fully saturated rings. The van der Waals surface area contributed by atoms with Crippen molar-refractivity contribution in [2.75, 3.05) is 5.32 Å². The summed E-state index contributed by atoms with van der Waals surface area (Å²) in [5.74, 6) is 0. The maximum atomic E-state index is 11.8. The molecule has 2 aromatic heterocycles. The van der Waals surface area contributed by atoms with Crippen molar-refractivity contribution in [3.63, 3.8) is 0 Å². The van der Waals surface area contributed by atoms with Crippen molar-refractivity contribution in [1.82, 2.24) is 9.97 Å². The van der Waals surface area contributed by atoms with Gasteiger partial charge in [0.1, 0.15) is 0 Å². The number of hydrogen-bond acceptors (Lipinski definition) is 4. The van der Waals surface area contributed by atoms with Gasteiger partial charge in [0.2, 0.25) is 10.0 Å². The monoisotopic (exact) mass is 430 g/mol. The Bertz CT molecular complexity index is 1230. The molecule has 8 heteroatoms. The molecule has 6 nitrogen and oxygen atoms in total. The van der Waals surface area contributed by atoms with Crippen molar-refractivity contribution in [3.8, 4) is 0 Å². The molecule has 4 rings (SSSR count). The van der Waals surface area contributed by atoms with E-state index in [-0.39, 0.29) is 4.90 Å². The number of benzene rings is 2. The van der Waals surface area contributed by atoms with Gasteiger partial charge >= 0.3 is 0 Å². The smallest absolute Gasteiger partial charge is 0.238 e. The maximum absolute atomic E-state index is 11.8. The van der Waals surface area contributed by atoms with Crippen LogP contribution in [0.2, 0.25) is 0 Å². The number of halogens is 1. The molecule has 0 atom stereocenters. The lowest BCUT2D eigenvalue weighted by atomic mass is 10.2. The highest BCUT2D eigenvalue weighted by molar-refractivity contribution is 9.10. The maximum Gasteiger partial charge on any atom is 0.238 e. The van der Waals surface area contributed by atoms with Crippen molar-refractivity contribution in [3.05, 3.63) is 64.9 Å². The second kappa shape index (κ2) is 6.39. The Balaban J connectivity index is 1.69. The average Bonchev–Trinajstić information content (AvgIpc) is 3.00. The van der Waals surface area contributed by atoms with Crippen molar-refractivity contribution in [2.45, 2.75) is 11.4 Å². The molecule has 2 aromatic carbocycles. The molecule has 0 aliphatic carbocycles. The van der Waals surface area contributed by atoms with Crippen LogP contribution in [0.3, 0.4) is 0 Å². The normalized spacial score (nSPS) is 11.9. The van der Waals surface area contributed by atoms with Gasteiger partial charge in [0.15, 0.2) is 0 Å². The summed E-state index contributed by atoms with van der Waals surface area (Å²) in [6.45, 7) is 0.548. The number of nitrogens with two attached hydrogens (primary N) is 1. The van der Waals surface area contributed by atoms with E-state index in [0.29, 0.717) is 17.4 Å². The van der Waals surface area contributed by atoms with E-state index in [1.807, 2.05) is 18.2 Å². The van der Waals surface area contributed by atoms with Gasteiger partial charge in [-0.2, -0.15) is 0 Å². The lowest BCUT2D eigenvalue weighted by Gasteiger charge is -2.11. The van der Waals surface area contributed by atoms with Crippen LogP contribution in [0.15, 0.2) is 64.1 Å². The molecule has 0 radical (unpaired) electrons. The van der Waals surface area contributed by atoms with Gasteiger partial charge in [-0.15, -0.1) is 0 Å².